The summed E-state index contributed by atoms with van der Waals surface area (Å²) in [6.45, 7) is 4.02. The van der Waals surface area contributed by atoms with Crippen molar-refractivity contribution in [1.29, 1.82) is 0 Å². The molecule has 0 spiro atoms. The van der Waals surface area contributed by atoms with Crippen LogP contribution in [0.1, 0.15) is 13.8 Å². The van der Waals surface area contributed by atoms with Crippen molar-refractivity contribution in [2.24, 2.45) is 0 Å². The molecule has 0 aliphatic carbocycles. The molecule has 1 unspecified atom stereocenters. The van der Waals surface area contributed by atoms with E-state index in [0.29, 0.717) is 9.99 Å². The van der Waals surface area contributed by atoms with E-state index in [0.717, 1.165) is 16.8 Å². The van der Waals surface area contributed by atoms with Crippen LogP contribution in [-0.2, 0) is 0 Å². The maximum absolute atomic E-state index is 13.6. The lowest BCUT2D eigenvalue weighted by Gasteiger charge is -2.29. The molecule has 1 atom stereocenters. The number of halogens is 2. The Morgan fingerprint density at radius 1 is 1.40 bits per heavy atom. The van der Waals surface area contributed by atoms with Gasteiger partial charge in [0.15, 0.2) is 0 Å². The molecule has 1 aromatic carbocycles. The van der Waals surface area contributed by atoms with E-state index >= 15 is 0 Å². The molecular weight excluding hydrogens is 325 g/mol. The second-order valence-corrected chi connectivity index (χ2v) is 6.09. The third-order valence-corrected chi connectivity index (χ3v) is 4.26. The average molecular weight is 340 g/mol. The molecule has 0 saturated carbocycles. The molecule has 20 heavy (non-hydrogen) atoms. The number of aliphatic hydroxyl groups is 1. The van der Waals surface area contributed by atoms with Gasteiger partial charge in [0.05, 0.1) is 27.6 Å². The quantitative estimate of drug-likeness (QED) is 0.866. The van der Waals surface area contributed by atoms with Crippen LogP contribution in [0.2, 0.25) is 0 Å². The molecule has 0 fully saturated rings. The molecule has 6 heteroatoms. The van der Waals surface area contributed by atoms with Gasteiger partial charge in [-0.2, -0.15) is 0 Å². The third kappa shape index (κ3) is 1.78. The number of anilines is 2. The molecule has 0 radical (unpaired) electrons. The van der Waals surface area contributed by atoms with Crippen molar-refractivity contribution in [3.8, 4) is 0 Å². The minimum absolute atomic E-state index is 0.114. The summed E-state index contributed by atoms with van der Waals surface area (Å²) in [5.41, 5.74) is 2.32. The second kappa shape index (κ2) is 4.56. The summed E-state index contributed by atoms with van der Waals surface area (Å²) in [4.78, 5) is 7.96. The van der Waals surface area contributed by atoms with E-state index in [9.17, 15) is 9.50 Å². The smallest absolute Gasteiger partial charge is 0.208 e. The van der Waals surface area contributed by atoms with Crippen molar-refractivity contribution < 1.29 is 9.50 Å². The first-order chi connectivity index (χ1) is 9.41. The monoisotopic (exact) mass is 339 g/mol. The van der Waals surface area contributed by atoms with Gasteiger partial charge >= 0.3 is 0 Å². The van der Waals surface area contributed by atoms with Gasteiger partial charge < -0.3 is 14.9 Å². The number of hydrogen-bond acceptors (Lipinski definition) is 4. The van der Waals surface area contributed by atoms with Crippen LogP contribution in [0, 0.1) is 5.82 Å². The first-order valence-electron chi connectivity index (χ1n) is 6.39. The van der Waals surface area contributed by atoms with Crippen LogP contribution in [0.15, 0.2) is 22.8 Å². The fourth-order valence-electron chi connectivity index (χ4n) is 2.64. The van der Waals surface area contributed by atoms with Gasteiger partial charge in [-0.3, -0.25) is 4.98 Å². The number of fused-ring (bicyclic) bond motifs is 3. The summed E-state index contributed by atoms with van der Waals surface area (Å²) >= 11 is 3.21. The molecule has 1 aliphatic heterocycles. The van der Waals surface area contributed by atoms with Crippen molar-refractivity contribution in [3.63, 3.8) is 0 Å². The average Bonchev–Trinajstić information content (AvgIpc) is 2.64. The molecule has 1 aromatic heterocycles. The Morgan fingerprint density at radius 3 is 2.75 bits per heavy atom. The molecule has 0 bridgehead atoms. The fourth-order valence-corrected chi connectivity index (χ4v) is 2.99. The highest BCUT2D eigenvalue weighted by atomic mass is 79.9. The first-order valence-corrected chi connectivity index (χ1v) is 7.18. The maximum atomic E-state index is 13.6. The van der Waals surface area contributed by atoms with Gasteiger partial charge in [0.1, 0.15) is 5.82 Å². The zero-order chi connectivity index (χ0) is 14.6. The second-order valence-electron chi connectivity index (χ2n) is 5.23. The van der Waals surface area contributed by atoms with Gasteiger partial charge in [-0.05, 0) is 35.8 Å². The number of hydrogen-bond donors (Lipinski definition) is 1. The van der Waals surface area contributed by atoms with Crippen molar-refractivity contribution in [2.75, 3.05) is 16.8 Å². The van der Waals surface area contributed by atoms with Crippen LogP contribution in [0.25, 0.3) is 10.9 Å². The predicted molar refractivity (Wildman–Crippen MR) is 81.4 cm³/mol. The largest absolute Gasteiger partial charge is 0.356 e. The van der Waals surface area contributed by atoms with Crippen molar-refractivity contribution in [3.05, 3.63) is 28.6 Å². The van der Waals surface area contributed by atoms with Crippen LogP contribution >= 0.6 is 15.9 Å². The third-order valence-electron chi connectivity index (χ3n) is 3.65. The van der Waals surface area contributed by atoms with Crippen LogP contribution < -0.4 is 9.80 Å². The standard InChI is InChI=1S/C14H15BrFN3O/c1-7(2)19-13-8-4-9(15)10(16)5-11(8)17-6-12(13)18(3)14(19)20/h4-7,14,20H,1-3H3. The van der Waals surface area contributed by atoms with Crippen LogP contribution in [-0.4, -0.2) is 29.5 Å². The zero-order valence-electron chi connectivity index (χ0n) is 11.4. The van der Waals surface area contributed by atoms with E-state index in [1.807, 2.05) is 25.8 Å². The number of aromatic nitrogens is 1. The number of benzene rings is 1. The Labute approximate surface area is 124 Å². The Bertz CT molecular complexity index is 692. The van der Waals surface area contributed by atoms with Crippen LogP contribution in [0.4, 0.5) is 15.8 Å². The van der Waals surface area contributed by atoms with E-state index in [1.165, 1.54) is 6.07 Å². The summed E-state index contributed by atoms with van der Waals surface area (Å²) in [6.07, 6.45) is 0.942. The van der Waals surface area contributed by atoms with Crippen molar-refractivity contribution in [2.45, 2.75) is 26.2 Å². The van der Waals surface area contributed by atoms with Crippen LogP contribution in [0.3, 0.4) is 0 Å². The van der Waals surface area contributed by atoms with E-state index in [2.05, 4.69) is 20.9 Å². The highest BCUT2D eigenvalue weighted by molar-refractivity contribution is 9.10. The molecule has 2 heterocycles. The molecule has 1 aliphatic rings. The number of rotatable bonds is 1. The van der Waals surface area contributed by atoms with Gasteiger partial charge in [0.25, 0.3) is 0 Å². The van der Waals surface area contributed by atoms with Crippen LogP contribution in [0.5, 0.6) is 0 Å². The first kappa shape index (κ1) is 13.6. The molecule has 2 aromatic rings. The summed E-state index contributed by atoms with van der Waals surface area (Å²) in [6, 6.07) is 3.24. The Balaban J connectivity index is 2.35. The normalized spacial score (nSPS) is 18.2. The molecular formula is C14H15BrFN3O. The highest BCUT2D eigenvalue weighted by Crippen LogP contribution is 2.44. The van der Waals surface area contributed by atoms with Gasteiger partial charge in [-0.15, -0.1) is 0 Å². The SMILES string of the molecule is CC(C)N1c2c(cnc3cc(F)c(Br)cc23)N(C)C1O. The molecule has 1 N–H and O–H groups in total. The highest BCUT2D eigenvalue weighted by Gasteiger charge is 2.35. The summed E-state index contributed by atoms with van der Waals surface area (Å²) < 4.78 is 14.0. The fraction of sp³-hybridized carbons (Fsp3) is 0.357. The number of nitrogens with zero attached hydrogens (tertiary/aromatic N) is 3. The summed E-state index contributed by atoms with van der Waals surface area (Å²) in [5.74, 6) is -0.340. The molecule has 0 amide bonds. The number of aliphatic hydroxyl groups excluding tert-OH is 1. The summed E-state index contributed by atoms with van der Waals surface area (Å²) in [7, 11) is 1.82. The van der Waals surface area contributed by atoms with Gasteiger partial charge in [0.2, 0.25) is 6.35 Å². The number of pyridine rings is 1. The zero-order valence-corrected chi connectivity index (χ0v) is 13.0. The molecule has 0 saturated heterocycles. The van der Waals surface area contributed by atoms with Gasteiger partial charge in [0, 0.05) is 24.5 Å². The van der Waals surface area contributed by atoms with Gasteiger partial charge in [-0.25, -0.2) is 4.39 Å². The predicted octanol–water partition coefficient (Wildman–Crippen LogP) is 3.08. The van der Waals surface area contributed by atoms with E-state index < -0.39 is 6.35 Å². The topological polar surface area (TPSA) is 39.6 Å². The van der Waals surface area contributed by atoms with Gasteiger partial charge in [-0.1, -0.05) is 0 Å². The van der Waals surface area contributed by atoms with E-state index in [4.69, 9.17) is 0 Å². The minimum atomic E-state index is -0.735. The molecule has 3 rings (SSSR count). The van der Waals surface area contributed by atoms with Crippen molar-refractivity contribution >= 4 is 38.2 Å². The lowest BCUT2D eigenvalue weighted by molar-refractivity contribution is 0.170. The maximum Gasteiger partial charge on any atom is 0.208 e. The lowest BCUT2D eigenvalue weighted by Crippen LogP contribution is -2.44. The van der Waals surface area contributed by atoms with Crippen molar-refractivity contribution in [1.82, 2.24) is 4.98 Å². The minimum Gasteiger partial charge on any atom is -0.356 e. The van der Waals surface area contributed by atoms with E-state index in [1.54, 1.807) is 17.2 Å². The lowest BCUT2D eigenvalue weighted by atomic mass is 10.1. The Kier molecular flexibility index (Phi) is 3.10. The Morgan fingerprint density at radius 2 is 2.10 bits per heavy atom. The van der Waals surface area contributed by atoms with E-state index in [-0.39, 0.29) is 11.9 Å². The molecule has 4 nitrogen and oxygen atoms in total. The summed E-state index contributed by atoms with van der Waals surface area (Å²) in [5, 5.41) is 11.2. The Hall–Kier alpha value is -1.40. The molecule has 106 valence electrons.